The topological polar surface area (TPSA) is 15.3 Å². The fourth-order valence-electron chi connectivity index (χ4n) is 3.35. The van der Waals surface area contributed by atoms with Crippen molar-refractivity contribution in [3.8, 4) is 0 Å². The van der Waals surface area contributed by atoms with Crippen LogP contribution < -0.4 is 5.32 Å². The van der Waals surface area contributed by atoms with Gasteiger partial charge in [0.1, 0.15) is 0 Å². The summed E-state index contributed by atoms with van der Waals surface area (Å²) in [6.07, 6.45) is 3.33. The van der Waals surface area contributed by atoms with Crippen LogP contribution in [0.3, 0.4) is 0 Å². The highest BCUT2D eigenvalue weighted by Crippen LogP contribution is 2.36. The standard InChI is InChI=1S/C16H24F2N2/c1-3-20-10-5-4-7-12(11-19-2)16(20)13-8-6-9-14(17)15(13)18/h6,8-9,12,16,19H,3-5,7,10-11H2,1-2H3. The van der Waals surface area contributed by atoms with Gasteiger partial charge in [-0.2, -0.15) is 0 Å². The van der Waals surface area contributed by atoms with Gasteiger partial charge in [-0.3, -0.25) is 4.90 Å². The fourth-order valence-corrected chi connectivity index (χ4v) is 3.35. The molecule has 1 aliphatic rings. The second-order valence-electron chi connectivity index (χ2n) is 5.53. The number of nitrogens with zero attached hydrogens (tertiary/aromatic N) is 1. The number of halogens is 2. The van der Waals surface area contributed by atoms with E-state index in [1.807, 2.05) is 7.05 Å². The van der Waals surface area contributed by atoms with E-state index in [4.69, 9.17) is 0 Å². The van der Waals surface area contributed by atoms with E-state index in [-0.39, 0.29) is 6.04 Å². The molecule has 1 aromatic carbocycles. The lowest BCUT2D eigenvalue weighted by molar-refractivity contribution is 0.157. The smallest absolute Gasteiger partial charge is 0.163 e. The fraction of sp³-hybridized carbons (Fsp3) is 0.625. The minimum absolute atomic E-state index is 0.0364. The molecular weight excluding hydrogens is 258 g/mol. The Hall–Kier alpha value is -1.00. The van der Waals surface area contributed by atoms with Crippen molar-refractivity contribution in [2.45, 2.75) is 32.2 Å². The van der Waals surface area contributed by atoms with Crippen molar-refractivity contribution in [3.63, 3.8) is 0 Å². The number of hydrogen-bond donors (Lipinski definition) is 1. The predicted octanol–water partition coefficient (Wildman–Crippen LogP) is 3.35. The molecule has 0 spiro atoms. The molecule has 0 bridgehead atoms. The lowest BCUT2D eigenvalue weighted by Crippen LogP contribution is -2.37. The Morgan fingerprint density at radius 1 is 1.30 bits per heavy atom. The molecule has 1 aliphatic heterocycles. The van der Waals surface area contributed by atoms with Gasteiger partial charge in [0.15, 0.2) is 11.6 Å². The van der Waals surface area contributed by atoms with Crippen LogP contribution in [0, 0.1) is 17.6 Å². The molecule has 2 atom stereocenters. The molecular formula is C16H24F2N2. The van der Waals surface area contributed by atoms with Crippen LogP contribution in [0.4, 0.5) is 8.78 Å². The first-order valence-corrected chi connectivity index (χ1v) is 7.51. The second kappa shape index (κ2) is 7.14. The van der Waals surface area contributed by atoms with Crippen molar-refractivity contribution in [1.29, 1.82) is 0 Å². The molecule has 1 fully saturated rings. The third-order valence-corrected chi connectivity index (χ3v) is 4.28. The highest BCUT2D eigenvalue weighted by atomic mass is 19.2. The van der Waals surface area contributed by atoms with Crippen molar-refractivity contribution in [3.05, 3.63) is 35.4 Å². The van der Waals surface area contributed by atoms with Crippen molar-refractivity contribution in [1.82, 2.24) is 10.2 Å². The predicted molar refractivity (Wildman–Crippen MR) is 77.6 cm³/mol. The molecule has 0 radical (unpaired) electrons. The normalized spacial score (nSPS) is 24.6. The van der Waals surface area contributed by atoms with Gasteiger partial charge in [0.2, 0.25) is 0 Å². The van der Waals surface area contributed by atoms with Gasteiger partial charge in [-0.05, 0) is 51.5 Å². The maximum atomic E-state index is 14.2. The Morgan fingerprint density at radius 2 is 2.10 bits per heavy atom. The number of rotatable bonds is 4. The summed E-state index contributed by atoms with van der Waals surface area (Å²) < 4.78 is 27.8. The van der Waals surface area contributed by atoms with Gasteiger partial charge in [-0.25, -0.2) is 8.78 Å². The zero-order valence-electron chi connectivity index (χ0n) is 12.3. The van der Waals surface area contributed by atoms with E-state index < -0.39 is 11.6 Å². The molecule has 2 rings (SSSR count). The zero-order valence-corrected chi connectivity index (χ0v) is 12.3. The lowest BCUT2D eigenvalue weighted by atomic mass is 9.88. The van der Waals surface area contributed by atoms with Crippen molar-refractivity contribution < 1.29 is 8.78 Å². The molecule has 0 saturated carbocycles. The molecule has 20 heavy (non-hydrogen) atoms. The first kappa shape index (κ1) is 15.4. The van der Waals surface area contributed by atoms with Crippen molar-refractivity contribution in [2.24, 2.45) is 5.92 Å². The molecule has 112 valence electrons. The first-order valence-electron chi connectivity index (χ1n) is 7.51. The third kappa shape index (κ3) is 3.18. The minimum Gasteiger partial charge on any atom is -0.319 e. The van der Waals surface area contributed by atoms with Gasteiger partial charge in [0.05, 0.1) is 0 Å². The second-order valence-corrected chi connectivity index (χ2v) is 5.53. The number of nitrogens with one attached hydrogen (secondary N) is 1. The van der Waals surface area contributed by atoms with Crippen LogP contribution >= 0.6 is 0 Å². The van der Waals surface area contributed by atoms with Crippen molar-refractivity contribution >= 4 is 0 Å². The Labute approximate surface area is 120 Å². The number of hydrogen-bond acceptors (Lipinski definition) is 2. The van der Waals surface area contributed by atoms with Crippen LogP contribution in [0.1, 0.15) is 37.8 Å². The molecule has 0 amide bonds. The molecule has 2 nitrogen and oxygen atoms in total. The summed E-state index contributed by atoms with van der Waals surface area (Å²) in [7, 11) is 1.92. The van der Waals surface area contributed by atoms with E-state index in [1.165, 1.54) is 6.07 Å². The molecule has 1 aromatic rings. The van der Waals surface area contributed by atoms with Crippen molar-refractivity contribution in [2.75, 3.05) is 26.7 Å². The van der Waals surface area contributed by atoms with Crippen LogP contribution in [0.25, 0.3) is 0 Å². The van der Waals surface area contributed by atoms with Crippen LogP contribution in [0.2, 0.25) is 0 Å². The van der Waals surface area contributed by atoms with Crippen LogP contribution in [0.5, 0.6) is 0 Å². The van der Waals surface area contributed by atoms with Gasteiger partial charge < -0.3 is 5.32 Å². The molecule has 1 heterocycles. The average molecular weight is 282 g/mol. The van der Waals surface area contributed by atoms with Crippen LogP contribution in [0.15, 0.2) is 18.2 Å². The quantitative estimate of drug-likeness (QED) is 0.911. The molecule has 2 unspecified atom stereocenters. The first-order chi connectivity index (χ1) is 9.69. The Balaban J connectivity index is 2.40. The Bertz CT molecular complexity index is 436. The summed E-state index contributed by atoms with van der Waals surface area (Å²) in [5, 5.41) is 3.20. The van der Waals surface area contributed by atoms with E-state index in [9.17, 15) is 8.78 Å². The molecule has 0 aliphatic carbocycles. The van der Waals surface area contributed by atoms with E-state index in [2.05, 4.69) is 17.1 Å². The minimum atomic E-state index is -0.744. The highest BCUT2D eigenvalue weighted by Gasteiger charge is 2.32. The maximum Gasteiger partial charge on any atom is 0.163 e. The molecule has 0 aromatic heterocycles. The van der Waals surface area contributed by atoms with Gasteiger partial charge in [-0.1, -0.05) is 25.5 Å². The molecule has 1 N–H and O–H groups in total. The number of benzene rings is 1. The summed E-state index contributed by atoms with van der Waals surface area (Å²) in [6, 6.07) is 4.51. The van der Waals surface area contributed by atoms with Crippen LogP contribution in [-0.2, 0) is 0 Å². The van der Waals surface area contributed by atoms with Gasteiger partial charge >= 0.3 is 0 Å². The average Bonchev–Trinajstić information content (AvgIpc) is 2.65. The Morgan fingerprint density at radius 3 is 2.80 bits per heavy atom. The zero-order chi connectivity index (χ0) is 14.5. The molecule has 1 saturated heterocycles. The van der Waals surface area contributed by atoms with Gasteiger partial charge in [0.25, 0.3) is 0 Å². The van der Waals surface area contributed by atoms with Gasteiger partial charge in [0, 0.05) is 11.6 Å². The Kier molecular flexibility index (Phi) is 5.49. The summed E-state index contributed by atoms with van der Waals surface area (Å²) in [5.41, 5.74) is 0.508. The van der Waals surface area contributed by atoms with E-state index in [0.717, 1.165) is 38.9 Å². The lowest BCUT2D eigenvalue weighted by Gasteiger charge is -2.35. The van der Waals surface area contributed by atoms with E-state index in [0.29, 0.717) is 11.5 Å². The van der Waals surface area contributed by atoms with E-state index >= 15 is 0 Å². The monoisotopic (exact) mass is 282 g/mol. The SMILES string of the molecule is CCN1CCCCC(CNC)C1c1cccc(F)c1F. The molecule has 4 heteroatoms. The van der Waals surface area contributed by atoms with Crippen LogP contribution in [-0.4, -0.2) is 31.6 Å². The van der Waals surface area contributed by atoms with Gasteiger partial charge in [-0.15, -0.1) is 0 Å². The highest BCUT2D eigenvalue weighted by molar-refractivity contribution is 5.24. The summed E-state index contributed by atoms with van der Waals surface area (Å²) in [6.45, 7) is 4.74. The summed E-state index contributed by atoms with van der Waals surface area (Å²) in [5.74, 6) is -1.11. The number of likely N-dealkylation sites (tertiary alicyclic amines) is 1. The third-order valence-electron chi connectivity index (χ3n) is 4.28. The summed E-state index contributed by atoms with van der Waals surface area (Å²) >= 11 is 0. The maximum absolute atomic E-state index is 14.2. The summed E-state index contributed by atoms with van der Waals surface area (Å²) in [4.78, 5) is 2.28. The largest absolute Gasteiger partial charge is 0.319 e. The van der Waals surface area contributed by atoms with E-state index in [1.54, 1.807) is 12.1 Å².